The van der Waals surface area contributed by atoms with E-state index in [1.165, 1.54) is 26.0 Å². The van der Waals surface area contributed by atoms with Crippen molar-refractivity contribution in [2.24, 2.45) is 0 Å². The monoisotopic (exact) mass is 559 g/mol. The largest absolute Gasteiger partial charge is 0.496 e. The molecular formula is C30H33N5O6. The number of methoxy groups -OCH3 is 2. The molecule has 1 aromatic heterocycles. The molecule has 0 radical (unpaired) electrons. The van der Waals surface area contributed by atoms with Crippen LogP contribution in [-0.2, 0) is 9.59 Å². The van der Waals surface area contributed by atoms with Crippen molar-refractivity contribution in [3.8, 4) is 11.5 Å². The number of fused-ring (bicyclic) bond motifs is 1. The molecule has 2 unspecified atom stereocenters. The van der Waals surface area contributed by atoms with E-state index in [0.717, 1.165) is 0 Å². The molecule has 11 heteroatoms. The van der Waals surface area contributed by atoms with Crippen LogP contribution in [0.4, 0.5) is 4.79 Å². The van der Waals surface area contributed by atoms with Crippen molar-refractivity contribution in [2.75, 3.05) is 27.3 Å². The Bertz CT molecular complexity index is 1550. The Kier molecular flexibility index (Phi) is 8.27. The molecule has 1 fully saturated rings. The number of hydrogen-bond acceptors (Lipinski definition) is 7. The second kappa shape index (κ2) is 11.7. The van der Waals surface area contributed by atoms with E-state index in [1.807, 2.05) is 6.07 Å². The van der Waals surface area contributed by atoms with Crippen LogP contribution >= 0.6 is 0 Å². The molecule has 4 rings (SSSR count). The van der Waals surface area contributed by atoms with Crippen LogP contribution in [0.25, 0.3) is 10.9 Å². The smallest absolute Gasteiger partial charge is 0.322 e. The molecule has 0 spiro atoms. The first-order valence-electron chi connectivity index (χ1n) is 12.9. The van der Waals surface area contributed by atoms with Gasteiger partial charge in [-0.1, -0.05) is 24.3 Å². The predicted octanol–water partition coefficient (Wildman–Crippen LogP) is 3.03. The molecule has 11 nitrogen and oxygen atoms in total. The van der Waals surface area contributed by atoms with Gasteiger partial charge in [-0.25, -0.2) is 4.79 Å². The van der Waals surface area contributed by atoms with Crippen LogP contribution in [0.3, 0.4) is 0 Å². The second-order valence-electron chi connectivity index (χ2n) is 10.2. The van der Waals surface area contributed by atoms with Crippen molar-refractivity contribution >= 4 is 34.7 Å². The Labute approximate surface area is 237 Å². The minimum atomic E-state index is -1.54. The minimum Gasteiger partial charge on any atom is -0.496 e. The number of amides is 5. The zero-order valence-corrected chi connectivity index (χ0v) is 23.7. The standard InChI is InChI=1S/C30H33N5O6/c1-17(2)15-32-26(36)24(23-22(40-5)12-9-18(3)25(23)41-6)35(16-30(4)28(38)33-29(39)34-30)27(37)20-10-11-21-19(14-20)8-7-13-31-21/h7-14,24H,1,15-16H2,2-6H3,(H,32,36)(H2,33,34,38,39). The van der Waals surface area contributed by atoms with Crippen LogP contribution in [0, 0.1) is 6.92 Å². The molecule has 5 amide bonds. The summed E-state index contributed by atoms with van der Waals surface area (Å²) in [5.41, 5.74) is 1.07. The van der Waals surface area contributed by atoms with Crippen LogP contribution in [0.5, 0.6) is 11.5 Å². The summed E-state index contributed by atoms with van der Waals surface area (Å²) in [6.45, 7) is 8.71. The lowest BCUT2D eigenvalue weighted by molar-refractivity contribution is -0.128. The number of ether oxygens (including phenoxy) is 2. The van der Waals surface area contributed by atoms with E-state index in [4.69, 9.17) is 9.47 Å². The fraction of sp³-hybridized carbons (Fsp3) is 0.300. The molecule has 214 valence electrons. The van der Waals surface area contributed by atoms with E-state index in [1.54, 1.807) is 56.4 Å². The zero-order chi connectivity index (χ0) is 29.9. The lowest BCUT2D eigenvalue weighted by Crippen LogP contribution is -2.56. The average Bonchev–Trinajstić information content (AvgIpc) is 3.21. The highest BCUT2D eigenvalue weighted by atomic mass is 16.5. The van der Waals surface area contributed by atoms with E-state index in [2.05, 4.69) is 27.5 Å². The SMILES string of the molecule is C=C(C)CNC(=O)C(c1c(OC)ccc(C)c1OC)N(CC1(C)NC(=O)NC1=O)C(=O)c1ccc2ncccc2c1. The van der Waals surface area contributed by atoms with Gasteiger partial charge in [-0.3, -0.25) is 24.7 Å². The number of nitrogens with one attached hydrogen (secondary N) is 3. The Morgan fingerprint density at radius 1 is 1.15 bits per heavy atom. The second-order valence-corrected chi connectivity index (χ2v) is 10.2. The maximum Gasteiger partial charge on any atom is 0.322 e. The Morgan fingerprint density at radius 2 is 1.90 bits per heavy atom. The highest BCUT2D eigenvalue weighted by Gasteiger charge is 2.47. The first-order chi connectivity index (χ1) is 19.5. The van der Waals surface area contributed by atoms with Gasteiger partial charge in [-0.2, -0.15) is 0 Å². The van der Waals surface area contributed by atoms with Crippen molar-refractivity contribution in [1.29, 1.82) is 0 Å². The Balaban J connectivity index is 1.95. The number of carbonyl (C=O) groups is 4. The van der Waals surface area contributed by atoms with E-state index >= 15 is 0 Å². The van der Waals surface area contributed by atoms with Crippen molar-refractivity contribution in [1.82, 2.24) is 25.8 Å². The quantitative estimate of drug-likeness (QED) is 0.256. The van der Waals surface area contributed by atoms with Gasteiger partial charge in [0.15, 0.2) is 0 Å². The lowest BCUT2D eigenvalue weighted by atomic mass is 9.94. The maximum atomic E-state index is 14.4. The number of urea groups is 1. The zero-order valence-electron chi connectivity index (χ0n) is 23.7. The maximum absolute atomic E-state index is 14.4. The van der Waals surface area contributed by atoms with E-state index in [-0.39, 0.29) is 18.7 Å². The van der Waals surface area contributed by atoms with Gasteiger partial charge in [0, 0.05) is 23.7 Å². The number of rotatable bonds is 10. The summed E-state index contributed by atoms with van der Waals surface area (Å²) in [4.78, 5) is 59.1. The van der Waals surface area contributed by atoms with Crippen LogP contribution in [-0.4, -0.2) is 66.5 Å². The lowest BCUT2D eigenvalue weighted by Gasteiger charge is -2.37. The van der Waals surface area contributed by atoms with Gasteiger partial charge in [-0.15, -0.1) is 0 Å². The molecule has 1 aliphatic heterocycles. The number of hydrogen-bond donors (Lipinski definition) is 3. The van der Waals surface area contributed by atoms with Crippen molar-refractivity contribution in [3.05, 3.63) is 77.5 Å². The van der Waals surface area contributed by atoms with Crippen LogP contribution in [0.1, 0.15) is 41.4 Å². The summed E-state index contributed by atoms with van der Waals surface area (Å²) < 4.78 is 11.4. The van der Waals surface area contributed by atoms with Gasteiger partial charge in [0.25, 0.3) is 11.8 Å². The molecule has 3 aromatic rings. The number of imide groups is 1. The summed E-state index contributed by atoms with van der Waals surface area (Å²) in [7, 11) is 2.91. The third kappa shape index (κ3) is 5.84. The summed E-state index contributed by atoms with van der Waals surface area (Å²) >= 11 is 0. The molecule has 2 aromatic carbocycles. The van der Waals surface area contributed by atoms with E-state index in [0.29, 0.717) is 39.1 Å². The first kappa shape index (κ1) is 29.1. The number of carbonyl (C=O) groups excluding carboxylic acids is 4. The summed E-state index contributed by atoms with van der Waals surface area (Å²) in [5, 5.41) is 8.37. The molecule has 1 aliphatic rings. The predicted molar refractivity (Wildman–Crippen MR) is 153 cm³/mol. The average molecular weight is 560 g/mol. The fourth-order valence-corrected chi connectivity index (χ4v) is 4.85. The number of benzene rings is 2. The molecule has 0 saturated carbocycles. The molecule has 2 heterocycles. The molecule has 1 saturated heterocycles. The van der Waals surface area contributed by atoms with Gasteiger partial charge in [0.2, 0.25) is 5.91 Å². The number of pyridine rings is 1. The molecule has 3 N–H and O–H groups in total. The van der Waals surface area contributed by atoms with Gasteiger partial charge in [-0.05, 0) is 56.7 Å². The minimum absolute atomic E-state index is 0.143. The van der Waals surface area contributed by atoms with Gasteiger partial charge in [0.1, 0.15) is 23.1 Å². The highest BCUT2D eigenvalue weighted by Crippen LogP contribution is 2.41. The number of nitrogens with zero attached hydrogens (tertiary/aromatic N) is 2. The molecular weight excluding hydrogens is 526 g/mol. The third-order valence-electron chi connectivity index (χ3n) is 6.89. The summed E-state index contributed by atoms with van der Waals surface area (Å²) in [6.07, 6.45) is 1.65. The van der Waals surface area contributed by atoms with E-state index < -0.39 is 35.3 Å². The fourth-order valence-electron chi connectivity index (χ4n) is 4.85. The molecule has 2 atom stereocenters. The van der Waals surface area contributed by atoms with Crippen molar-refractivity contribution in [2.45, 2.75) is 32.4 Å². The summed E-state index contributed by atoms with van der Waals surface area (Å²) in [5.74, 6) is -1.11. The van der Waals surface area contributed by atoms with Crippen molar-refractivity contribution in [3.63, 3.8) is 0 Å². The van der Waals surface area contributed by atoms with Crippen LogP contribution < -0.4 is 25.4 Å². The van der Waals surface area contributed by atoms with E-state index in [9.17, 15) is 19.2 Å². The number of aryl methyl sites for hydroxylation is 1. The third-order valence-corrected chi connectivity index (χ3v) is 6.89. The number of aromatic nitrogens is 1. The van der Waals surface area contributed by atoms with Gasteiger partial charge < -0.3 is 25.0 Å². The van der Waals surface area contributed by atoms with Crippen molar-refractivity contribution < 1.29 is 28.7 Å². The van der Waals surface area contributed by atoms with Crippen LogP contribution in [0.2, 0.25) is 0 Å². The topological polar surface area (TPSA) is 139 Å². The normalized spacial score (nSPS) is 16.9. The van der Waals surface area contributed by atoms with Crippen LogP contribution in [0.15, 0.2) is 60.8 Å². The highest BCUT2D eigenvalue weighted by molar-refractivity contribution is 6.08. The first-order valence-corrected chi connectivity index (χ1v) is 12.9. The molecule has 0 aliphatic carbocycles. The molecule has 0 bridgehead atoms. The van der Waals surface area contributed by atoms with Gasteiger partial charge in [0.05, 0.1) is 31.8 Å². The summed E-state index contributed by atoms with van der Waals surface area (Å²) in [6, 6.07) is 9.98. The molecule has 41 heavy (non-hydrogen) atoms. The van der Waals surface area contributed by atoms with Gasteiger partial charge >= 0.3 is 6.03 Å². The Hall–Kier alpha value is -4.93. The Morgan fingerprint density at radius 3 is 2.54 bits per heavy atom.